The Balaban J connectivity index is 3.26. The van der Waals surface area contributed by atoms with Crippen molar-refractivity contribution in [1.82, 2.24) is 0 Å². The van der Waals surface area contributed by atoms with Crippen LogP contribution in [0.25, 0.3) is 0 Å². The second-order valence-corrected chi connectivity index (χ2v) is 2.77. The number of Topliss-reactive ketones (excluding diaryl/α,β-unsaturated/α-hetero) is 1. The second-order valence-electron chi connectivity index (χ2n) is 2.39. The molecular weight excluding hydrogens is 218 g/mol. The van der Waals surface area contributed by atoms with Gasteiger partial charge in [-0.25, -0.2) is 13.6 Å². The first kappa shape index (κ1) is 10.6. The van der Waals surface area contributed by atoms with E-state index in [2.05, 4.69) is 0 Å². The maximum absolute atomic E-state index is 12.7. The van der Waals surface area contributed by atoms with Crippen LogP contribution in [0.2, 0.25) is 5.02 Å². The number of ketones is 1. The van der Waals surface area contributed by atoms with Crippen LogP contribution in [0, 0.1) is 11.6 Å². The Labute approximate surface area is 81.9 Å². The van der Waals surface area contributed by atoms with Crippen molar-refractivity contribution >= 4 is 23.4 Å². The van der Waals surface area contributed by atoms with Gasteiger partial charge in [0.05, 0.1) is 0 Å². The van der Waals surface area contributed by atoms with E-state index in [1.807, 2.05) is 0 Å². The lowest BCUT2D eigenvalue weighted by Gasteiger charge is -1.99. The molecule has 0 radical (unpaired) electrons. The number of rotatable bonds is 2. The van der Waals surface area contributed by atoms with Gasteiger partial charge in [-0.3, -0.25) is 4.79 Å². The molecule has 0 atom stereocenters. The molecule has 0 fully saturated rings. The minimum atomic E-state index is -1.79. The lowest BCUT2D eigenvalue weighted by molar-refractivity contribution is -0.131. The molecule has 1 N–H and O–H groups in total. The zero-order chi connectivity index (χ0) is 10.9. The molecule has 74 valence electrons. The Kier molecular flexibility index (Phi) is 2.81. The van der Waals surface area contributed by atoms with E-state index >= 15 is 0 Å². The third-order valence-electron chi connectivity index (χ3n) is 1.44. The first-order chi connectivity index (χ1) is 6.43. The molecule has 0 aliphatic heterocycles. The Morgan fingerprint density at radius 3 is 2.00 bits per heavy atom. The van der Waals surface area contributed by atoms with Crippen LogP contribution in [-0.2, 0) is 4.79 Å². The molecule has 0 amide bonds. The Hall–Kier alpha value is -1.49. The highest BCUT2D eigenvalue weighted by atomic mass is 35.5. The maximum Gasteiger partial charge on any atom is 0.377 e. The quantitative estimate of drug-likeness (QED) is 0.470. The first-order valence-electron chi connectivity index (χ1n) is 3.35. The van der Waals surface area contributed by atoms with Gasteiger partial charge in [0, 0.05) is 5.56 Å². The lowest BCUT2D eigenvalue weighted by Crippen LogP contribution is -2.13. The zero-order valence-corrected chi connectivity index (χ0v) is 7.31. The topological polar surface area (TPSA) is 54.4 Å². The predicted octanol–water partition coefficient (Wildman–Crippen LogP) is 1.89. The molecule has 0 saturated carbocycles. The van der Waals surface area contributed by atoms with Crippen LogP contribution in [0.5, 0.6) is 0 Å². The number of halogens is 3. The van der Waals surface area contributed by atoms with Gasteiger partial charge in [-0.1, -0.05) is 11.6 Å². The van der Waals surface area contributed by atoms with Gasteiger partial charge >= 0.3 is 5.97 Å². The fourth-order valence-electron chi connectivity index (χ4n) is 0.810. The molecule has 0 aromatic heterocycles. The van der Waals surface area contributed by atoms with E-state index in [1.54, 1.807) is 0 Å². The number of carboxylic acid groups (broad SMARTS) is 1. The van der Waals surface area contributed by atoms with Crippen molar-refractivity contribution < 1.29 is 23.5 Å². The molecule has 1 aromatic rings. The van der Waals surface area contributed by atoms with Crippen LogP contribution in [0.1, 0.15) is 10.4 Å². The number of benzene rings is 1. The summed E-state index contributed by atoms with van der Waals surface area (Å²) >= 11 is 5.13. The van der Waals surface area contributed by atoms with Crippen molar-refractivity contribution in [1.29, 1.82) is 0 Å². The highest BCUT2D eigenvalue weighted by Gasteiger charge is 2.18. The Morgan fingerprint density at radius 1 is 1.21 bits per heavy atom. The summed E-state index contributed by atoms with van der Waals surface area (Å²) in [4.78, 5) is 21.0. The van der Waals surface area contributed by atoms with Gasteiger partial charge < -0.3 is 5.11 Å². The summed E-state index contributed by atoms with van der Waals surface area (Å²) in [7, 11) is 0. The summed E-state index contributed by atoms with van der Waals surface area (Å²) < 4.78 is 25.5. The number of aliphatic carboxylic acids is 1. The molecule has 1 aromatic carbocycles. The lowest BCUT2D eigenvalue weighted by atomic mass is 10.1. The van der Waals surface area contributed by atoms with Crippen molar-refractivity contribution in [2.24, 2.45) is 0 Å². The predicted molar refractivity (Wildman–Crippen MR) is 43.3 cm³/mol. The van der Waals surface area contributed by atoms with Crippen LogP contribution < -0.4 is 0 Å². The van der Waals surface area contributed by atoms with E-state index < -0.39 is 34.0 Å². The molecule has 0 spiro atoms. The van der Waals surface area contributed by atoms with Crippen molar-refractivity contribution in [2.75, 3.05) is 0 Å². The van der Waals surface area contributed by atoms with Crippen molar-refractivity contribution in [3.05, 3.63) is 34.4 Å². The first-order valence-corrected chi connectivity index (χ1v) is 3.73. The fourth-order valence-corrected chi connectivity index (χ4v) is 0.919. The summed E-state index contributed by atoms with van der Waals surface area (Å²) in [6, 6.07) is 1.14. The average Bonchev–Trinajstić information content (AvgIpc) is 2.12. The maximum atomic E-state index is 12.7. The van der Waals surface area contributed by atoms with Gasteiger partial charge in [-0.05, 0) is 12.1 Å². The van der Waals surface area contributed by atoms with Gasteiger partial charge in [-0.2, -0.15) is 0 Å². The van der Waals surface area contributed by atoms with Crippen LogP contribution >= 0.6 is 11.6 Å². The monoisotopic (exact) mass is 220 g/mol. The highest BCUT2D eigenvalue weighted by molar-refractivity contribution is 6.40. The van der Waals surface area contributed by atoms with Crippen molar-refractivity contribution in [3.63, 3.8) is 0 Å². The molecule has 14 heavy (non-hydrogen) atoms. The van der Waals surface area contributed by atoms with E-state index in [-0.39, 0.29) is 0 Å². The van der Waals surface area contributed by atoms with Crippen molar-refractivity contribution in [3.8, 4) is 0 Å². The molecule has 1 rings (SSSR count). The normalized spacial score (nSPS) is 9.93. The van der Waals surface area contributed by atoms with Gasteiger partial charge in [0.25, 0.3) is 5.78 Å². The molecular formula is C8H3ClF2O3. The second kappa shape index (κ2) is 3.71. The minimum Gasteiger partial charge on any atom is -0.475 e. The average molecular weight is 221 g/mol. The SMILES string of the molecule is O=C(O)C(=O)c1cc(F)c(Cl)c(F)c1. The van der Waals surface area contributed by atoms with E-state index in [0.717, 1.165) is 0 Å². The summed E-state index contributed by atoms with van der Waals surface area (Å²) in [5, 5.41) is 7.49. The molecule has 0 heterocycles. The van der Waals surface area contributed by atoms with E-state index in [9.17, 15) is 18.4 Å². The molecule has 0 aliphatic rings. The third kappa shape index (κ3) is 1.88. The summed E-state index contributed by atoms with van der Waals surface area (Å²) in [6.07, 6.45) is 0. The van der Waals surface area contributed by atoms with Gasteiger partial charge in [0.15, 0.2) is 0 Å². The number of carbonyl (C=O) groups excluding carboxylic acids is 1. The Morgan fingerprint density at radius 2 is 1.64 bits per heavy atom. The van der Waals surface area contributed by atoms with E-state index in [4.69, 9.17) is 16.7 Å². The zero-order valence-electron chi connectivity index (χ0n) is 6.55. The van der Waals surface area contributed by atoms with Crippen LogP contribution in [0.4, 0.5) is 8.78 Å². The third-order valence-corrected chi connectivity index (χ3v) is 1.80. The smallest absolute Gasteiger partial charge is 0.377 e. The van der Waals surface area contributed by atoms with Crippen molar-refractivity contribution in [2.45, 2.75) is 0 Å². The van der Waals surface area contributed by atoms with Crippen LogP contribution in [-0.4, -0.2) is 16.9 Å². The van der Waals surface area contributed by atoms with E-state index in [1.165, 1.54) is 0 Å². The van der Waals surface area contributed by atoms with Gasteiger partial charge in [0.1, 0.15) is 16.7 Å². The standard InChI is InChI=1S/C8H3ClF2O3/c9-6-4(10)1-3(2-5(6)11)7(12)8(13)14/h1-2H,(H,13,14). The molecule has 0 bridgehead atoms. The number of hydrogen-bond donors (Lipinski definition) is 1. The van der Waals surface area contributed by atoms with Gasteiger partial charge in [-0.15, -0.1) is 0 Å². The van der Waals surface area contributed by atoms with Gasteiger partial charge in [0.2, 0.25) is 0 Å². The van der Waals surface area contributed by atoms with Crippen LogP contribution in [0.3, 0.4) is 0 Å². The Bertz CT molecular complexity index is 394. The molecule has 3 nitrogen and oxygen atoms in total. The largest absolute Gasteiger partial charge is 0.475 e. The summed E-state index contributed by atoms with van der Waals surface area (Å²) in [5.41, 5.74) is -0.586. The van der Waals surface area contributed by atoms with E-state index in [0.29, 0.717) is 12.1 Å². The number of carbonyl (C=O) groups is 2. The molecule has 0 aliphatic carbocycles. The molecule has 6 heteroatoms. The summed E-state index contributed by atoms with van der Waals surface area (Å²) in [6.45, 7) is 0. The summed E-state index contributed by atoms with van der Waals surface area (Å²) in [5.74, 6) is -5.52. The molecule has 0 saturated heterocycles. The fraction of sp³-hybridized carbons (Fsp3) is 0. The number of carboxylic acids is 1. The minimum absolute atomic E-state index is 0.571. The van der Waals surface area contributed by atoms with Crippen LogP contribution in [0.15, 0.2) is 12.1 Å². The highest BCUT2D eigenvalue weighted by Crippen LogP contribution is 2.20. The number of hydrogen-bond acceptors (Lipinski definition) is 2. The molecule has 0 unspecified atom stereocenters.